The lowest BCUT2D eigenvalue weighted by atomic mass is 9.78. The van der Waals surface area contributed by atoms with Crippen molar-refractivity contribution in [3.63, 3.8) is 0 Å². The highest BCUT2D eigenvalue weighted by atomic mass is 19.1. The molecular weight excluding hydrogens is 371 g/mol. The van der Waals surface area contributed by atoms with Crippen molar-refractivity contribution in [3.05, 3.63) is 47.4 Å². The van der Waals surface area contributed by atoms with Gasteiger partial charge in [0, 0.05) is 5.56 Å². The molecule has 1 aliphatic rings. The summed E-state index contributed by atoms with van der Waals surface area (Å²) in [5.74, 6) is 1.68. The summed E-state index contributed by atoms with van der Waals surface area (Å²) in [7, 11) is 0. The summed E-state index contributed by atoms with van der Waals surface area (Å²) in [5.41, 5.74) is 3.40. The fraction of sp³-hybridized carbons (Fsp3) is 0.630. The third-order valence-electron chi connectivity index (χ3n) is 6.83. The summed E-state index contributed by atoms with van der Waals surface area (Å²) < 4.78 is 14.2. The minimum atomic E-state index is -0.138. The third kappa shape index (κ3) is 6.89. The van der Waals surface area contributed by atoms with Crippen LogP contribution in [0, 0.1) is 17.7 Å². The van der Waals surface area contributed by atoms with E-state index in [0.29, 0.717) is 0 Å². The maximum Gasteiger partial charge on any atom is 0.127 e. The van der Waals surface area contributed by atoms with Crippen LogP contribution >= 0.6 is 0 Å². The number of benzene rings is 1. The lowest BCUT2D eigenvalue weighted by molar-refractivity contribution is 0.248. The van der Waals surface area contributed by atoms with Crippen LogP contribution in [0.3, 0.4) is 0 Å². The van der Waals surface area contributed by atoms with E-state index in [1.54, 1.807) is 6.07 Å². The van der Waals surface area contributed by atoms with Gasteiger partial charge in [-0.2, -0.15) is 10.2 Å². The molecule has 0 amide bonds. The van der Waals surface area contributed by atoms with Crippen molar-refractivity contribution >= 4 is 0 Å². The molecule has 3 rings (SSSR count). The number of nitrogens with zero attached hydrogens (tertiary/aromatic N) is 2. The molecule has 1 aromatic carbocycles. The number of aryl methyl sites for hydroxylation is 2. The number of unbranched alkanes of at least 4 members (excludes halogenated alkanes) is 3. The van der Waals surface area contributed by atoms with Gasteiger partial charge in [0.1, 0.15) is 5.82 Å². The SMILES string of the molecule is CCCCCCC1CCC(CCc2ccc(-c3ccc(CCC)c(F)c3)nn2)CC1. The lowest BCUT2D eigenvalue weighted by Gasteiger charge is -2.28. The van der Waals surface area contributed by atoms with Crippen LogP contribution in [0.5, 0.6) is 0 Å². The Kier molecular flexibility index (Phi) is 9.29. The van der Waals surface area contributed by atoms with Crippen molar-refractivity contribution in [2.45, 2.75) is 97.3 Å². The Morgan fingerprint density at radius 1 is 0.800 bits per heavy atom. The molecule has 1 aliphatic carbocycles. The molecule has 0 aliphatic heterocycles. The summed E-state index contributed by atoms with van der Waals surface area (Å²) in [5, 5.41) is 8.80. The van der Waals surface area contributed by atoms with Gasteiger partial charge in [0.2, 0.25) is 0 Å². The smallest absolute Gasteiger partial charge is 0.127 e. The minimum Gasteiger partial charge on any atom is -0.207 e. The zero-order chi connectivity index (χ0) is 21.2. The molecule has 1 fully saturated rings. The number of hydrogen-bond acceptors (Lipinski definition) is 2. The largest absolute Gasteiger partial charge is 0.207 e. The van der Waals surface area contributed by atoms with Crippen molar-refractivity contribution in [1.82, 2.24) is 10.2 Å². The molecule has 164 valence electrons. The molecule has 3 heteroatoms. The van der Waals surface area contributed by atoms with Crippen LogP contribution in [0.4, 0.5) is 4.39 Å². The first kappa shape index (κ1) is 22.9. The van der Waals surface area contributed by atoms with Crippen molar-refractivity contribution < 1.29 is 4.39 Å². The van der Waals surface area contributed by atoms with Gasteiger partial charge in [0.05, 0.1) is 11.4 Å². The van der Waals surface area contributed by atoms with Gasteiger partial charge in [-0.25, -0.2) is 4.39 Å². The maximum atomic E-state index is 14.2. The first-order valence-corrected chi connectivity index (χ1v) is 12.3. The third-order valence-corrected chi connectivity index (χ3v) is 6.83. The molecule has 1 aromatic heterocycles. The predicted molar refractivity (Wildman–Crippen MR) is 124 cm³/mol. The average molecular weight is 411 g/mol. The van der Waals surface area contributed by atoms with E-state index in [9.17, 15) is 4.39 Å². The Bertz CT molecular complexity index is 748. The highest BCUT2D eigenvalue weighted by molar-refractivity contribution is 5.59. The van der Waals surface area contributed by atoms with Crippen LogP contribution in [0.1, 0.15) is 95.7 Å². The number of aromatic nitrogens is 2. The summed E-state index contributed by atoms with van der Waals surface area (Å²) >= 11 is 0. The van der Waals surface area contributed by atoms with Gasteiger partial charge >= 0.3 is 0 Å². The highest BCUT2D eigenvalue weighted by Crippen LogP contribution is 2.34. The summed E-state index contributed by atoms with van der Waals surface area (Å²) in [6.07, 6.45) is 16.6. The van der Waals surface area contributed by atoms with Crippen LogP contribution in [-0.2, 0) is 12.8 Å². The molecule has 30 heavy (non-hydrogen) atoms. The van der Waals surface area contributed by atoms with Gasteiger partial charge in [0.25, 0.3) is 0 Å². The predicted octanol–water partition coefficient (Wildman–Crippen LogP) is 7.94. The lowest BCUT2D eigenvalue weighted by Crippen LogP contribution is -2.15. The Balaban J connectivity index is 1.43. The monoisotopic (exact) mass is 410 g/mol. The van der Waals surface area contributed by atoms with Crippen molar-refractivity contribution in [2.75, 3.05) is 0 Å². The maximum absolute atomic E-state index is 14.2. The van der Waals surface area contributed by atoms with Gasteiger partial charge in [-0.1, -0.05) is 90.2 Å². The van der Waals surface area contributed by atoms with E-state index in [-0.39, 0.29) is 5.82 Å². The number of rotatable bonds is 11. The fourth-order valence-corrected chi connectivity index (χ4v) is 4.85. The minimum absolute atomic E-state index is 0.138. The van der Waals surface area contributed by atoms with E-state index in [2.05, 4.69) is 30.1 Å². The Morgan fingerprint density at radius 2 is 1.57 bits per heavy atom. The molecule has 1 heterocycles. The molecule has 0 atom stereocenters. The van der Waals surface area contributed by atoms with Crippen LogP contribution in [0.25, 0.3) is 11.3 Å². The fourth-order valence-electron chi connectivity index (χ4n) is 4.85. The average Bonchev–Trinajstić information content (AvgIpc) is 2.78. The normalized spacial score (nSPS) is 19.2. The standard InChI is InChI=1S/C27H39FN2/c1-3-5-6-7-9-21-10-12-22(13-11-21)14-17-25-18-19-27(30-29-25)24-16-15-23(8-4-2)26(28)20-24/h15-16,18-22H,3-14,17H2,1-2H3. The number of hydrogen-bond donors (Lipinski definition) is 0. The zero-order valence-corrected chi connectivity index (χ0v) is 19.0. The second kappa shape index (κ2) is 12.2. The van der Waals surface area contributed by atoms with E-state index in [1.165, 1.54) is 64.2 Å². The zero-order valence-electron chi connectivity index (χ0n) is 19.0. The van der Waals surface area contributed by atoms with E-state index in [0.717, 1.165) is 53.6 Å². The first-order chi connectivity index (χ1) is 14.7. The molecule has 0 saturated heterocycles. The molecule has 0 N–H and O–H groups in total. The van der Waals surface area contributed by atoms with Crippen LogP contribution in [0.2, 0.25) is 0 Å². The second-order valence-corrected chi connectivity index (χ2v) is 9.24. The second-order valence-electron chi connectivity index (χ2n) is 9.24. The van der Waals surface area contributed by atoms with Gasteiger partial charge in [-0.15, -0.1) is 0 Å². The topological polar surface area (TPSA) is 25.8 Å². The Labute approximate surface area is 182 Å². The van der Waals surface area contributed by atoms with Crippen LogP contribution < -0.4 is 0 Å². The van der Waals surface area contributed by atoms with E-state index in [4.69, 9.17) is 0 Å². The van der Waals surface area contributed by atoms with Gasteiger partial charge < -0.3 is 0 Å². The van der Waals surface area contributed by atoms with Gasteiger partial charge in [-0.3, -0.25) is 0 Å². The Hall–Kier alpha value is -1.77. The van der Waals surface area contributed by atoms with Gasteiger partial charge in [-0.05, 0) is 54.9 Å². The van der Waals surface area contributed by atoms with Gasteiger partial charge in [0.15, 0.2) is 0 Å². The van der Waals surface area contributed by atoms with Crippen LogP contribution in [-0.4, -0.2) is 10.2 Å². The van der Waals surface area contributed by atoms with Crippen LogP contribution in [0.15, 0.2) is 30.3 Å². The quantitative estimate of drug-likeness (QED) is 0.351. The highest BCUT2D eigenvalue weighted by Gasteiger charge is 2.20. The van der Waals surface area contributed by atoms with E-state index >= 15 is 0 Å². The summed E-state index contributed by atoms with van der Waals surface area (Å²) in [6.45, 7) is 4.35. The molecule has 0 spiro atoms. The molecule has 0 unspecified atom stereocenters. The van der Waals surface area contributed by atoms with E-state index < -0.39 is 0 Å². The summed E-state index contributed by atoms with van der Waals surface area (Å²) in [6, 6.07) is 9.49. The molecule has 0 radical (unpaired) electrons. The molecule has 1 saturated carbocycles. The molecule has 2 nitrogen and oxygen atoms in total. The van der Waals surface area contributed by atoms with Crippen molar-refractivity contribution in [1.29, 1.82) is 0 Å². The molecule has 0 bridgehead atoms. The number of halogens is 1. The van der Waals surface area contributed by atoms with Crippen molar-refractivity contribution in [2.24, 2.45) is 11.8 Å². The Morgan fingerprint density at radius 3 is 2.20 bits per heavy atom. The molecule has 2 aromatic rings. The summed E-state index contributed by atoms with van der Waals surface area (Å²) in [4.78, 5) is 0. The van der Waals surface area contributed by atoms with E-state index in [1.807, 2.05) is 18.2 Å². The molecular formula is C27H39FN2. The first-order valence-electron chi connectivity index (χ1n) is 12.3. The van der Waals surface area contributed by atoms with Crippen molar-refractivity contribution in [3.8, 4) is 11.3 Å².